The smallest absolute Gasteiger partial charge is 0.293 e. The molecule has 1 unspecified atom stereocenters. The van der Waals surface area contributed by atoms with Crippen molar-refractivity contribution in [1.82, 2.24) is 15.2 Å². The predicted octanol–water partition coefficient (Wildman–Crippen LogP) is 2.83. The number of carbonyl (C=O) groups excluding carboxylic acids is 1. The highest BCUT2D eigenvalue weighted by molar-refractivity contribution is 7.09. The third kappa shape index (κ3) is 4.00. The number of hydrogen-bond donors (Lipinski definition) is 1. The topological polar surface area (TPSA) is 91.6 Å². The van der Waals surface area contributed by atoms with Gasteiger partial charge in [-0.15, -0.1) is 11.3 Å². The minimum absolute atomic E-state index is 0.00938. The fourth-order valence-electron chi connectivity index (χ4n) is 3.52. The van der Waals surface area contributed by atoms with Gasteiger partial charge in [-0.1, -0.05) is 0 Å². The summed E-state index contributed by atoms with van der Waals surface area (Å²) in [4.78, 5) is 32.2. The molecule has 2 aliphatic rings. The molecule has 1 aliphatic heterocycles. The number of hydrogen-bond acceptors (Lipinski definition) is 7. The molecule has 0 radical (unpaired) electrons. The maximum Gasteiger partial charge on any atom is 0.293 e. The third-order valence-electron chi connectivity index (χ3n) is 5.36. The van der Waals surface area contributed by atoms with Crippen LogP contribution in [-0.2, 0) is 0 Å². The van der Waals surface area contributed by atoms with E-state index in [1.54, 1.807) is 23.5 Å². The Balaban J connectivity index is 1.46. The van der Waals surface area contributed by atoms with Crippen molar-refractivity contribution in [3.05, 3.63) is 50.5 Å². The molecule has 28 heavy (non-hydrogen) atoms. The van der Waals surface area contributed by atoms with Crippen molar-refractivity contribution in [2.45, 2.75) is 31.8 Å². The monoisotopic (exact) mass is 401 g/mol. The molecule has 2 heterocycles. The molecule has 2 aromatic rings. The van der Waals surface area contributed by atoms with E-state index in [2.05, 4.69) is 22.1 Å². The van der Waals surface area contributed by atoms with Gasteiger partial charge in [-0.25, -0.2) is 4.98 Å². The van der Waals surface area contributed by atoms with Crippen molar-refractivity contribution in [2.75, 3.05) is 31.1 Å². The molecule has 9 heteroatoms. The number of nitro benzene ring substituents is 1. The fraction of sp³-hybridized carbons (Fsp3) is 0.474. The van der Waals surface area contributed by atoms with E-state index in [1.807, 2.05) is 16.5 Å². The summed E-state index contributed by atoms with van der Waals surface area (Å²) in [7, 11) is 0. The number of nitrogens with one attached hydrogen (secondary N) is 1. The Hall–Kier alpha value is -2.52. The van der Waals surface area contributed by atoms with Gasteiger partial charge in [-0.2, -0.15) is 0 Å². The van der Waals surface area contributed by atoms with Gasteiger partial charge in [0.25, 0.3) is 11.6 Å². The minimum atomic E-state index is -0.395. The number of aromatic nitrogens is 1. The quantitative estimate of drug-likeness (QED) is 0.591. The van der Waals surface area contributed by atoms with E-state index in [4.69, 9.17) is 0 Å². The molecule has 0 bridgehead atoms. The molecule has 1 N–H and O–H groups in total. The first-order valence-corrected chi connectivity index (χ1v) is 10.4. The van der Waals surface area contributed by atoms with E-state index < -0.39 is 4.92 Å². The van der Waals surface area contributed by atoms with Crippen molar-refractivity contribution in [1.29, 1.82) is 0 Å². The van der Waals surface area contributed by atoms with Gasteiger partial charge < -0.3 is 10.2 Å². The van der Waals surface area contributed by atoms with E-state index >= 15 is 0 Å². The number of nitro groups is 1. The number of anilines is 1. The summed E-state index contributed by atoms with van der Waals surface area (Å²) in [6.07, 6.45) is 3.78. The van der Waals surface area contributed by atoms with Gasteiger partial charge in [-0.3, -0.25) is 19.8 Å². The van der Waals surface area contributed by atoms with Crippen LogP contribution in [0.1, 0.15) is 41.2 Å². The highest BCUT2D eigenvalue weighted by atomic mass is 32.1. The second-order valence-electron chi connectivity index (χ2n) is 7.28. The zero-order valence-corrected chi connectivity index (χ0v) is 16.5. The van der Waals surface area contributed by atoms with Crippen molar-refractivity contribution >= 4 is 28.6 Å². The zero-order chi connectivity index (χ0) is 19.7. The van der Waals surface area contributed by atoms with Gasteiger partial charge in [-0.05, 0) is 31.9 Å². The molecule has 0 spiro atoms. The van der Waals surface area contributed by atoms with E-state index in [0.29, 0.717) is 24.3 Å². The predicted molar refractivity (Wildman–Crippen MR) is 108 cm³/mol. The Bertz CT molecular complexity index is 860. The van der Waals surface area contributed by atoms with E-state index in [0.717, 1.165) is 30.9 Å². The average molecular weight is 401 g/mol. The van der Waals surface area contributed by atoms with Gasteiger partial charge in [0.1, 0.15) is 10.7 Å². The SMILES string of the molecule is CC(c1nccs1)N1CCN(c2ccc(C(=O)NC3CC3)cc2[N+](=O)[O-])CC1. The van der Waals surface area contributed by atoms with Crippen molar-refractivity contribution in [2.24, 2.45) is 0 Å². The van der Waals surface area contributed by atoms with Crippen LogP contribution in [-0.4, -0.2) is 52.9 Å². The van der Waals surface area contributed by atoms with Gasteiger partial charge in [0.2, 0.25) is 0 Å². The molecule has 1 amide bonds. The molecular formula is C19H23N5O3S. The normalized spacial score (nSPS) is 18.7. The lowest BCUT2D eigenvalue weighted by molar-refractivity contribution is -0.384. The highest BCUT2D eigenvalue weighted by Crippen LogP contribution is 2.32. The number of carbonyl (C=O) groups is 1. The van der Waals surface area contributed by atoms with E-state index in [9.17, 15) is 14.9 Å². The molecule has 8 nitrogen and oxygen atoms in total. The molecule has 4 rings (SSSR count). The van der Waals surface area contributed by atoms with Gasteiger partial charge in [0, 0.05) is 55.4 Å². The molecule has 1 saturated heterocycles. The van der Waals surface area contributed by atoms with Crippen LogP contribution in [0.25, 0.3) is 0 Å². The van der Waals surface area contributed by atoms with Crippen LogP contribution in [0.15, 0.2) is 29.8 Å². The Labute approximate surface area is 167 Å². The van der Waals surface area contributed by atoms with Crippen LogP contribution in [0.3, 0.4) is 0 Å². The van der Waals surface area contributed by atoms with Crippen LogP contribution in [0.4, 0.5) is 11.4 Å². The van der Waals surface area contributed by atoms with Gasteiger partial charge >= 0.3 is 0 Å². The summed E-state index contributed by atoms with van der Waals surface area (Å²) in [5, 5.41) is 17.6. The molecule has 1 aromatic heterocycles. The molecule has 1 aromatic carbocycles. The first-order chi connectivity index (χ1) is 13.5. The summed E-state index contributed by atoms with van der Waals surface area (Å²) in [6, 6.07) is 5.26. The summed E-state index contributed by atoms with van der Waals surface area (Å²) >= 11 is 1.65. The Morgan fingerprint density at radius 2 is 2.07 bits per heavy atom. The molecule has 1 saturated carbocycles. The summed E-state index contributed by atoms with van der Waals surface area (Å²) in [6.45, 7) is 5.15. The maximum atomic E-state index is 12.2. The number of piperazine rings is 1. The number of rotatable bonds is 6. The lowest BCUT2D eigenvalue weighted by Crippen LogP contribution is -2.47. The minimum Gasteiger partial charge on any atom is -0.363 e. The fourth-order valence-corrected chi connectivity index (χ4v) is 4.25. The number of benzene rings is 1. The van der Waals surface area contributed by atoms with Crippen LogP contribution in [0.5, 0.6) is 0 Å². The van der Waals surface area contributed by atoms with Crippen LogP contribution in [0, 0.1) is 10.1 Å². The second kappa shape index (κ2) is 7.84. The van der Waals surface area contributed by atoms with Gasteiger partial charge in [0.05, 0.1) is 11.0 Å². The van der Waals surface area contributed by atoms with E-state index in [-0.39, 0.29) is 23.7 Å². The van der Waals surface area contributed by atoms with Crippen LogP contribution < -0.4 is 10.2 Å². The number of nitrogens with zero attached hydrogens (tertiary/aromatic N) is 4. The summed E-state index contributed by atoms with van der Waals surface area (Å²) < 4.78 is 0. The Morgan fingerprint density at radius 1 is 1.32 bits per heavy atom. The standard InChI is InChI=1S/C19H23N5O3S/c1-13(19-20-6-11-28-19)22-7-9-23(10-8-22)16-5-2-14(12-17(16)24(26)27)18(25)21-15-3-4-15/h2,5-6,11-13,15H,3-4,7-10H2,1H3,(H,21,25). The molecular weight excluding hydrogens is 378 g/mol. The van der Waals surface area contributed by atoms with Crippen LogP contribution in [0.2, 0.25) is 0 Å². The number of thiazole rings is 1. The second-order valence-corrected chi connectivity index (χ2v) is 8.20. The lowest BCUT2D eigenvalue weighted by atomic mass is 10.1. The maximum absolute atomic E-state index is 12.2. The third-order valence-corrected chi connectivity index (χ3v) is 6.30. The summed E-state index contributed by atoms with van der Waals surface area (Å²) in [5.41, 5.74) is 0.915. The first kappa shape index (κ1) is 18.8. The van der Waals surface area contributed by atoms with Crippen molar-refractivity contribution < 1.29 is 9.72 Å². The zero-order valence-electron chi connectivity index (χ0n) is 15.7. The van der Waals surface area contributed by atoms with E-state index in [1.165, 1.54) is 6.07 Å². The largest absolute Gasteiger partial charge is 0.363 e. The molecule has 1 atom stereocenters. The summed E-state index contributed by atoms with van der Waals surface area (Å²) in [5.74, 6) is -0.237. The first-order valence-electron chi connectivity index (χ1n) is 9.50. The van der Waals surface area contributed by atoms with Gasteiger partial charge in [0.15, 0.2) is 0 Å². The molecule has 1 aliphatic carbocycles. The van der Waals surface area contributed by atoms with Crippen LogP contribution >= 0.6 is 11.3 Å². The van der Waals surface area contributed by atoms with Crippen molar-refractivity contribution in [3.8, 4) is 0 Å². The average Bonchev–Trinajstić information content (AvgIpc) is 3.35. The lowest BCUT2D eigenvalue weighted by Gasteiger charge is -2.38. The Morgan fingerprint density at radius 3 is 2.68 bits per heavy atom. The molecule has 148 valence electrons. The Kier molecular flexibility index (Phi) is 5.27. The molecule has 2 fully saturated rings. The van der Waals surface area contributed by atoms with Crippen molar-refractivity contribution in [3.63, 3.8) is 0 Å². The number of amides is 1. The highest BCUT2D eigenvalue weighted by Gasteiger charge is 2.29.